The molecule has 7 heteroatoms. The number of carbonyl (C=O) groups is 1. The molecule has 1 aromatic carbocycles. The Labute approximate surface area is 126 Å². The highest BCUT2D eigenvalue weighted by molar-refractivity contribution is 7.98. The molecular weight excluding hydrogens is 291 g/mol. The van der Waals surface area contributed by atoms with Crippen molar-refractivity contribution in [2.45, 2.75) is 18.9 Å². The van der Waals surface area contributed by atoms with Crippen LogP contribution in [0, 0.1) is 5.82 Å². The number of nitrogens with two attached hydrogens (primary N) is 1. The van der Waals surface area contributed by atoms with Gasteiger partial charge in [-0.05, 0) is 36.6 Å². The molecule has 1 heterocycles. The lowest BCUT2D eigenvalue weighted by atomic mass is 10.2. The number of halogens is 1. The Morgan fingerprint density at radius 1 is 1.57 bits per heavy atom. The summed E-state index contributed by atoms with van der Waals surface area (Å²) in [6.07, 6.45) is 3.20. The lowest BCUT2D eigenvalue weighted by Gasteiger charge is -2.10. The van der Waals surface area contributed by atoms with Gasteiger partial charge in [0.25, 0.3) is 0 Å². The van der Waals surface area contributed by atoms with Crippen LogP contribution in [0.5, 0.6) is 0 Å². The molecule has 0 radical (unpaired) electrons. The molecule has 0 fully saturated rings. The van der Waals surface area contributed by atoms with Gasteiger partial charge in [-0.1, -0.05) is 0 Å². The van der Waals surface area contributed by atoms with E-state index in [1.165, 1.54) is 12.1 Å². The predicted octanol–water partition coefficient (Wildman–Crippen LogP) is 1.44. The molecule has 21 heavy (non-hydrogen) atoms. The van der Waals surface area contributed by atoms with Crippen molar-refractivity contribution >= 4 is 28.7 Å². The number of fused-ring (bicyclic) bond motifs is 1. The van der Waals surface area contributed by atoms with Gasteiger partial charge >= 0.3 is 0 Å². The first-order valence-corrected chi connectivity index (χ1v) is 8.16. The first kappa shape index (κ1) is 15.8. The van der Waals surface area contributed by atoms with E-state index in [4.69, 9.17) is 5.73 Å². The first-order valence-electron chi connectivity index (χ1n) is 6.76. The fourth-order valence-corrected chi connectivity index (χ4v) is 2.45. The average Bonchev–Trinajstić information content (AvgIpc) is 2.86. The van der Waals surface area contributed by atoms with Crippen LogP contribution in [0.3, 0.4) is 0 Å². The normalized spacial score (nSPS) is 12.5. The minimum absolute atomic E-state index is 0.147. The molecule has 0 spiro atoms. The van der Waals surface area contributed by atoms with Gasteiger partial charge in [0.2, 0.25) is 5.91 Å². The summed E-state index contributed by atoms with van der Waals surface area (Å²) < 4.78 is 13.1. The van der Waals surface area contributed by atoms with E-state index in [2.05, 4.69) is 15.3 Å². The number of thioether (sulfide) groups is 1. The minimum Gasteiger partial charge on any atom is -0.354 e. The number of benzene rings is 1. The topological polar surface area (TPSA) is 83.8 Å². The van der Waals surface area contributed by atoms with Crippen molar-refractivity contribution in [3.63, 3.8) is 0 Å². The minimum atomic E-state index is -0.470. The smallest absolute Gasteiger partial charge is 0.236 e. The molecule has 0 saturated carbocycles. The van der Waals surface area contributed by atoms with Gasteiger partial charge in [0, 0.05) is 13.0 Å². The second-order valence-corrected chi connectivity index (χ2v) is 5.76. The third-order valence-electron chi connectivity index (χ3n) is 3.12. The number of nitrogens with zero attached hydrogens (tertiary/aromatic N) is 1. The highest BCUT2D eigenvalue weighted by Crippen LogP contribution is 2.12. The number of amides is 1. The van der Waals surface area contributed by atoms with E-state index in [1.807, 2.05) is 6.26 Å². The Balaban J connectivity index is 1.83. The number of carbonyl (C=O) groups excluding carboxylic acids is 1. The molecule has 2 rings (SSSR count). The van der Waals surface area contributed by atoms with E-state index in [0.29, 0.717) is 30.7 Å². The summed E-state index contributed by atoms with van der Waals surface area (Å²) in [4.78, 5) is 19.1. The van der Waals surface area contributed by atoms with Crippen molar-refractivity contribution in [2.75, 3.05) is 18.6 Å². The summed E-state index contributed by atoms with van der Waals surface area (Å²) in [5.74, 6) is 1.13. The second-order valence-electron chi connectivity index (χ2n) is 4.77. The average molecular weight is 310 g/mol. The fourth-order valence-electron chi connectivity index (χ4n) is 1.96. The van der Waals surface area contributed by atoms with Crippen molar-refractivity contribution < 1.29 is 9.18 Å². The third kappa shape index (κ3) is 4.44. The quantitative estimate of drug-likeness (QED) is 0.722. The maximum absolute atomic E-state index is 13.1. The van der Waals surface area contributed by atoms with Crippen molar-refractivity contribution in [1.29, 1.82) is 0 Å². The van der Waals surface area contributed by atoms with Gasteiger partial charge in [-0.25, -0.2) is 9.37 Å². The number of hydrogen-bond donors (Lipinski definition) is 3. The van der Waals surface area contributed by atoms with Crippen LogP contribution in [0.15, 0.2) is 18.2 Å². The van der Waals surface area contributed by atoms with E-state index in [1.54, 1.807) is 17.8 Å². The largest absolute Gasteiger partial charge is 0.354 e. The van der Waals surface area contributed by atoms with Crippen molar-refractivity contribution in [3.05, 3.63) is 29.8 Å². The molecule has 1 amide bonds. The van der Waals surface area contributed by atoms with Crippen LogP contribution < -0.4 is 11.1 Å². The molecule has 0 bridgehead atoms. The molecule has 0 aliphatic carbocycles. The molecule has 0 unspecified atom stereocenters. The number of imidazole rings is 1. The van der Waals surface area contributed by atoms with Crippen LogP contribution in [0.4, 0.5) is 4.39 Å². The first-order chi connectivity index (χ1) is 10.1. The van der Waals surface area contributed by atoms with E-state index in [9.17, 15) is 9.18 Å². The van der Waals surface area contributed by atoms with Crippen LogP contribution in [-0.4, -0.2) is 40.5 Å². The standard InChI is InChI=1S/C14H19FN4OS/c1-21-7-5-10(16)14(20)17-6-4-13-18-11-3-2-9(15)8-12(11)19-13/h2-3,8,10H,4-7,16H2,1H3,(H,17,20)(H,18,19)/t10-/m0/s1. The van der Waals surface area contributed by atoms with Gasteiger partial charge < -0.3 is 16.0 Å². The maximum atomic E-state index is 13.1. The molecule has 0 aliphatic rings. The lowest BCUT2D eigenvalue weighted by molar-refractivity contribution is -0.122. The monoisotopic (exact) mass is 310 g/mol. The van der Waals surface area contributed by atoms with Crippen LogP contribution in [-0.2, 0) is 11.2 Å². The molecule has 5 nitrogen and oxygen atoms in total. The summed E-state index contributed by atoms with van der Waals surface area (Å²) in [5, 5.41) is 2.79. The summed E-state index contributed by atoms with van der Waals surface area (Å²) in [7, 11) is 0. The highest BCUT2D eigenvalue weighted by atomic mass is 32.2. The van der Waals surface area contributed by atoms with Crippen molar-refractivity contribution in [2.24, 2.45) is 5.73 Å². The molecule has 0 aliphatic heterocycles. The van der Waals surface area contributed by atoms with E-state index in [0.717, 1.165) is 11.3 Å². The second kappa shape index (κ2) is 7.42. The van der Waals surface area contributed by atoms with Crippen molar-refractivity contribution in [3.8, 4) is 0 Å². The molecule has 114 valence electrons. The molecule has 1 aromatic heterocycles. The number of hydrogen-bond acceptors (Lipinski definition) is 4. The number of H-pyrrole nitrogens is 1. The van der Waals surface area contributed by atoms with Gasteiger partial charge in [0.05, 0.1) is 17.1 Å². The zero-order valence-electron chi connectivity index (χ0n) is 11.9. The van der Waals surface area contributed by atoms with E-state index in [-0.39, 0.29) is 11.7 Å². The van der Waals surface area contributed by atoms with Gasteiger partial charge in [-0.3, -0.25) is 4.79 Å². The number of nitrogens with one attached hydrogen (secondary N) is 2. The zero-order valence-corrected chi connectivity index (χ0v) is 12.7. The summed E-state index contributed by atoms with van der Waals surface area (Å²) >= 11 is 1.67. The zero-order chi connectivity index (χ0) is 15.2. The van der Waals surface area contributed by atoms with Gasteiger partial charge in [-0.2, -0.15) is 11.8 Å². The number of aromatic amines is 1. The lowest BCUT2D eigenvalue weighted by Crippen LogP contribution is -2.41. The Morgan fingerprint density at radius 3 is 3.14 bits per heavy atom. The highest BCUT2D eigenvalue weighted by Gasteiger charge is 2.12. The SMILES string of the molecule is CSCC[C@H](N)C(=O)NCCc1nc2ccc(F)cc2[nH]1. The Kier molecular flexibility index (Phi) is 5.58. The third-order valence-corrected chi connectivity index (χ3v) is 3.77. The summed E-state index contributed by atoms with van der Waals surface area (Å²) in [6, 6.07) is 3.94. The van der Waals surface area contributed by atoms with E-state index < -0.39 is 6.04 Å². The van der Waals surface area contributed by atoms with Crippen LogP contribution >= 0.6 is 11.8 Å². The van der Waals surface area contributed by atoms with Crippen LogP contribution in [0.2, 0.25) is 0 Å². The molecular formula is C14H19FN4OS. The van der Waals surface area contributed by atoms with Gasteiger partial charge in [-0.15, -0.1) is 0 Å². The number of aromatic nitrogens is 2. The fraction of sp³-hybridized carbons (Fsp3) is 0.429. The maximum Gasteiger partial charge on any atom is 0.236 e. The summed E-state index contributed by atoms with van der Waals surface area (Å²) in [5.41, 5.74) is 7.15. The Bertz CT molecular complexity index is 616. The summed E-state index contributed by atoms with van der Waals surface area (Å²) in [6.45, 7) is 0.452. The van der Waals surface area contributed by atoms with Crippen LogP contribution in [0.25, 0.3) is 11.0 Å². The van der Waals surface area contributed by atoms with Gasteiger partial charge in [0.15, 0.2) is 0 Å². The molecule has 4 N–H and O–H groups in total. The van der Waals surface area contributed by atoms with E-state index >= 15 is 0 Å². The Morgan fingerprint density at radius 2 is 2.38 bits per heavy atom. The van der Waals surface area contributed by atoms with Gasteiger partial charge in [0.1, 0.15) is 11.6 Å². The van der Waals surface area contributed by atoms with Crippen molar-refractivity contribution in [1.82, 2.24) is 15.3 Å². The predicted molar refractivity (Wildman–Crippen MR) is 83.7 cm³/mol. The molecule has 0 saturated heterocycles. The molecule has 2 aromatic rings. The molecule has 1 atom stereocenters. The van der Waals surface area contributed by atoms with Crippen LogP contribution in [0.1, 0.15) is 12.2 Å². The number of rotatable bonds is 7. The Hall–Kier alpha value is -1.60.